The van der Waals surface area contributed by atoms with Crippen molar-refractivity contribution >= 4 is 38.0 Å². The van der Waals surface area contributed by atoms with Gasteiger partial charge in [-0.1, -0.05) is 24.3 Å². The number of nitrogens with two attached hydrogens (primary N) is 1. The summed E-state index contributed by atoms with van der Waals surface area (Å²) in [6.45, 7) is 0. The summed E-state index contributed by atoms with van der Waals surface area (Å²) < 4.78 is 26.2. The van der Waals surface area contributed by atoms with E-state index in [0.29, 0.717) is 27.8 Å². The molecular formula is C23H16N4O3S. The Labute approximate surface area is 178 Å². The first kappa shape index (κ1) is 20.1. The smallest absolute Gasteiger partial charge is 0.252 e. The normalized spacial score (nSPS) is 11.1. The number of carbonyl (C=O) groups excluding carboxylic acids is 1. The Hall–Kier alpha value is -4.22. The van der Waals surface area contributed by atoms with Crippen LogP contribution < -0.4 is 11.1 Å². The molecule has 3 N–H and O–H groups in total. The SMILES string of the molecule is N#Cc1cccc(Nc2c(C(N)=O)cnc3ccc(S(=O)(=O)c4ccccc4)cc23)c1. The first-order valence-corrected chi connectivity index (χ1v) is 10.7. The van der Waals surface area contributed by atoms with Crippen LogP contribution in [0.15, 0.2) is 88.8 Å². The standard InChI is InChI=1S/C23H16N4O3S/c24-13-15-5-4-6-16(11-15)27-22-19-12-18(31(29,30)17-7-2-1-3-8-17)9-10-21(19)26-14-20(22)23(25)28/h1-12,14H,(H2,25,28)(H,26,27). The number of rotatable bonds is 5. The quantitative estimate of drug-likeness (QED) is 0.498. The maximum Gasteiger partial charge on any atom is 0.252 e. The van der Waals surface area contributed by atoms with E-state index in [9.17, 15) is 13.2 Å². The molecule has 0 fully saturated rings. The van der Waals surface area contributed by atoms with E-state index in [4.69, 9.17) is 11.0 Å². The molecule has 0 saturated carbocycles. The minimum atomic E-state index is -3.78. The van der Waals surface area contributed by atoms with Crippen molar-refractivity contribution in [3.63, 3.8) is 0 Å². The monoisotopic (exact) mass is 428 g/mol. The highest BCUT2D eigenvalue weighted by Gasteiger charge is 2.20. The minimum Gasteiger partial charge on any atom is -0.365 e. The lowest BCUT2D eigenvalue weighted by molar-refractivity contribution is 0.100. The first-order valence-electron chi connectivity index (χ1n) is 9.20. The van der Waals surface area contributed by atoms with E-state index in [1.165, 1.54) is 30.5 Å². The molecule has 1 amide bonds. The lowest BCUT2D eigenvalue weighted by Gasteiger charge is -2.14. The summed E-state index contributed by atoms with van der Waals surface area (Å²) in [5, 5.41) is 12.7. The van der Waals surface area contributed by atoms with Crippen LogP contribution in [0.1, 0.15) is 15.9 Å². The van der Waals surface area contributed by atoms with Gasteiger partial charge in [-0.05, 0) is 48.5 Å². The predicted molar refractivity (Wildman–Crippen MR) is 117 cm³/mol. The number of fused-ring (bicyclic) bond motifs is 1. The van der Waals surface area contributed by atoms with Gasteiger partial charge in [0.05, 0.1) is 38.2 Å². The molecule has 4 aromatic rings. The highest BCUT2D eigenvalue weighted by atomic mass is 32.2. The van der Waals surface area contributed by atoms with Gasteiger partial charge in [0.2, 0.25) is 9.84 Å². The second-order valence-corrected chi connectivity index (χ2v) is 8.67. The van der Waals surface area contributed by atoms with E-state index < -0.39 is 15.7 Å². The molecule has 8 heteroatoms. The van der Waals surface area contributed by atoms with Crippen LogP contribution in [0.2, 0.25) is 0 Å². The molecule has 31 heavy (non-hydrogen) atoms. The van der Waals surface area contributed by atoms with Crippen molar-refractivity contribution in [1.82, 2.24) is 4.98 Å². The van der Waals surface area contributed by atoms with Crippen LogP contribution in [0.25, 0.3) is 10.9 Å². The summed E-state index contributed by atoms with van der Waals surface area (Å²) in [4.78, 5) is 16.5. The molecule has 0 aliphatic heterocycles. The first-order chi connectivity index (χ1) is 14.9. The molecule has 1 aromatic heterocycles. The summed E-state index contributed by atoms with van der Waals surface area (Å²) in [5.41, 5.74) is 7.42. The van der Waals surface area contributed by atoms with Crippen molar-refractivity contribution in [3.8, 4) is 6.07 Å². The number of sulfone groups is 1. The summed E-state index contributed by atoms with van der Waals surface area (Å²) in [6.07, 6.45) is 1.34. The number of benzene rings is 3. The topological polar surface area (TPSA) is 126 Å². The van der Waals surface area contributed by atoms with Crippen molar-refractivity contribution in [2.24, 2.45) is 5.73 Å². The zero-order valence-electron chi connectivity index (χ0n) is 16.1. The Morgan fingerprint density at radius 1 is 0.968 bits per heavy atom. The van der Waals surface area contributed by atoms with Gasteiger partial charge >= 0.3 is 0 Å². The highest BCUT2D eigenvalue weighted by Crippen LogP contribution is 2.32. The third-order valence-electron chi connectivity index (χ3n) is 4.73. The highest BCUT2D eigenvalue weighted by molar-refractivity contribution is 7.91. The number of nitrogens with zero attached hydrogens (tertiary/aromatic N) is 2. The van der Waals surface area contributed by atoms with Crippen molar-refractivity contribution in [3.05, 3.63) is 90.1 Å². The van der Waals surface area contributed by atoms with Gasteiger partial charge in [-0.3, -0.25) is 9.78 Å². The fraction of sp³-hybridized carbons (Fsp3) is 0. The van der Waals surface area contributed by atoms with Crippen molar-refractivity contribution in [2.75, 3.05) is 5.32 Å². The predicted octanol–water partition coefficient (Wildman–Crippen LogP) is 3.78. The maximum absolute atomic E-state index is 13.1. The Kier molecular flexibility index (Phi) is 5.11. The van der Waals surface area contributed by atoms with Crippen LogP contribution in [-0.2, 0) is 9.84 Å². The molecule has 152 valence electrons. The Bertz CT molecular complexity index is 1460. The summed E-state index contributed by atoms with van der Waals surface area (Å²) in [7, 11) is -3.78. The van der Waals surface area contributed by atoms with Gasteiger partial charge in [-0.25, -0.2) is 8.42 Å². The number of pyridine rings is 1. The molecule has 0 radical (unpaired) electrons. The molecule has 0 aliphatic carbocycles. The van der Waals surface area contributed by atoms with Crippen molar-refractivity contribution < 1.29 is 13.2 Å². The largest absolute Gasteiger partial charge is 0.365 e. The van der Waals surface area contributed by atoms with Gasteiger partial charge in [-0.15, -0.1) is 0 Å². The number of nitriles is 1. The van der Waals surface area contributed by atoms with Crippen LogP contribution in [0.4, 0.5) is 11.4 Å². The lowest BCUT2D eigenvalue weighted by Crippen LogP contribution is -2.14. The minimum absolute atomic E-state index is 0.0587. The molecule has 0 unspecified atom stereocenters. The van der Waals surface area contributed by atoms with Crippen LogP contribution in [0.5, 0.6) is 0 Å². The van der Waals surface area contributed by atoms with Gasteiger partial charge in [-0.2, -0.15) is 5.26 Å². The third-order valence-corrected chi connectivity index (χ3v) is 6.50. The van der Waals surface area contributed by atoms with E-state index in [0.717, 1.165) is 0 Å². The fourth-order valence-electron chi connectivity index (χ4n) is 3.21. The fourth-order valence-corrected chi connectivity index (χ4v) is 4.51. The Morgan fingerprint density at radius 2 is 1.74 bits per heavy atom. The molecule has 1 heterocycles. The van der Waals surface area contributed by atoms with E-state index in [1.54, 1.807) is 48.5 Å². The van der Waals surface area contributed by atoms with E-state index in [-0.39, 0.29) is 15.4 Å². The summed E-state index contributed by atoms with van der Waals surface area (Å²) in [5.74, 6) is -0.718. The van der Waals surface area contributed by atoms with Crippen LogP contribution in [0.3, 0.4) is 0 Å². The second kappa shape index (κ2) is 7.89. The van der Waals surface area contributed by atoms with E-state index in [2.05, 4.69) is 16.4 Å². The number of primary amides is 1. The molecule has 0 spiro atoms. The Balaban J connectivity index is 1.92. The number of hydrogen-bond acceptors (Lipinski definition) is 6. The number of aromatic nitrogens is 1. The van der Waals surface area contributed by atoms with E-state index in [1.807, 2.05) is 0 Å². The van der Waals surface area contributed by atoms with Crippen LogP contribution in [0, 0.1) is 11.3 Å². The van der Waals surface area contributed by atoms with Gasteiger partial charge in [0.25, 0.3) is 5.91 Å². The molecule has 0 atom stereocenters. The number of hydrogen-bond donors (Lipinski definition) is 2. The number of amides is 1. The van der Waals surface area contributed by atoms with Crippen molar-refractivity contribution in [1.29, 1.82) is 5.26 Å². The van der Waals surface area contributed by atoms with Crippen LogP contribution in [-0.4, -0.2) is 19.3 Å². The van der Waals surface area contributed by atoms with E-state index >= 15 is 0 Å². The van der Waals surface area contributed by atoms with Crippen LogP contribution >= 0.6 is 0 Å². The molecule has 4 rings (SSSR count). The summed E-state index contributed by atoms with van der Waals surface area (Å²) >= 11 is 0. The van der Waals surface area contributed by atoms with Crippen molar-refractivity contribution in [2.45, 2.75) is 9.79 Å². The average Bonchev–Trinajstić information content (AvgIpc) is 2.79. The average molecular weight is 428 g/mol. The molecular weight excluding hydrogens is 412 g/mol. The zero-order valence-corrected chi connectivity index (χ0v) is 16.9. The van der Waals surface area contributed by atoms with Gasteiger partial charge in [0.15, 0.2) is 0 Å². The van der Waals surface area contributed by atoms with Gasteiger partial charge < -0.3 is 11.1 Å². The molecule has 0 bridgehead atoms. The number of anilines is 2. The second-order valence-electron chi connectivity index (χ2n) is 6.72. The van der Waals surface area contributed by atoms with Gasteiger partial charge in [0.1, 0.15) is 0 Å². The van der Waals surface area contributed by atoms with Gasteiger partial charge in [0, 0.05) is 17.3 Å². The molecule has 0 saturated heterocycles. The maximum atomic E-state index is 13.1. The summed E-state index contributed by atoms with van der Waals surface area (Å²) in [6, 6.07) is 21.3. The number of nitrogens with one attached hydrogen (secondary N) is 1. The molecule has 7 nitrogen and oxygen atoms in total. The zero-order chi connectivity index (χ0) is 22.0. The number of carbonyl (C=O) groups is 1. The molecule has 3 aromatic carbocycles. The third kappa shape index (κ3) is 3.82. The molecule has 0 aliphatic rings. The lowest BCUT2D eigenvalue weighted by atomic mass is 10.1. The Morgan fingerprint density at radius 3 is 2.45 bits per heavy atom.